The van der Waals surface area contributed by atoms with Crippen LogP contribution in [-0.2, 0) is 19.0 Å². The van der Waals surface area contributed by atoms with Gasteiger partial charge in [-0.3, -0.25) is 4.79 Å². The summed E-state index contributed by atoms with van der Waals surface area (Å²) in [6.07, 6.45) is 6.49. The molecule has 172 valence electrons. The number of carbonyl (C=O) groups is 1. The van der Waals surface area contributed by atoms with Gasteiger partial charge in [-0.15, -0.1) is 0 Å². The van der Waals surface area contributed by atoms with E-state index in [-0.39, 0.29) is 10.1 Å². The molecule has 0 spiro atoms. The van der Waals surface area contributed by atoms with E-state index in [4.69, 9.17) is 14.2 Å². The van der Waals surface area contributed by atoms with Crippen LogP contribution in [0.15, 0.2) is 23.5 Å². The largest absolute Gasteiger partial charge is 0.500 e. The highest BCUT2D eigenvalue weighted by atomic mass is 79.9. The Bertz CT molecular complexity index is 699. The molecule has 0 amide bonds. The summed E-state index contributed by atoms with van der Waals surface area (Å²) in [5.74, 6) is -1.43. The third-order valence-corrected chi connectivity index (χ3v) is 7.61. The Morgan fingerprint density at radius 3 is 2.37 bits per heavy atom. The van der Waals surface area contributed by atoms with E-state index < -0.39 is 28.6 Å². The Morgan fingerprint density at radius 1 is 1.30 bits per heavy atom. The summed E-state index contributed by atoms with van der Waals surface area (Å²) in [7, 11) is 4.76. The van der Waals surface area contributed by atoms with Gasteiger partial charge >= 0.3 is 0 Å². The predicted octanol–water partition coefficient (Wildman–Crippen LogP) is 5.16. The van der Waals surface area contributed by atoms with Crippen molar-refractivity contribution in [2.45, 2.75) is 82.9 Å². The minimum Gasteiger partial charge on any atom is -0.500 e. The first-order valence-electron chi connectivity index (χ1n) is 10.7. The first-order chi connectivity index (χ1) is 13.8. The summed E-state index contributed by atoms with van der Waals surface area (Å²) in [6, 6.07) is 0. The maximum absolute atomic E-state index is 13.5. The molecule has 0 aromatic heterocycles. The van der Waals surface area contributed by atoms with Crippen LogP contribution < -0.4 is 0 Å². The molecular formula is C24H39BrO5. The molecule has 6 heteroatoms. The summed E-state index contributed by atoms with van der Waals surface area (Å²) >= 11 is 3.70. The van der Waals surface area contributed by atoms with Crippen molar-refractivity contribution < 1.29 is 24.1 Å². The smallest absolute Gasteiger partial charge is 0.191 e. The van der Waals surface area contributed by atoms with E-state index in [9.17, 15) is 9.90 Å². The van der Waals surface area contributed by atoms with Crippen molar-refractivity contribution >= 4 is 21.7 Å². The Balaban J connectivity index is 2.64. The van der Waals surface area contributed by atoms with Gasteiger partial charge in [-0.05, 0) is 39.5 Å². The normalized spacial score (nSPS) is 33.1. The molecule has 2 bridgehead atoms. The van der Waals surface area contributed by atoms with Crippen LogP contribution in [0.3, 0.4) is 0 Å². The topological polar surface area (TPSA) is 65.0 Å². The number of aliphatic hydroxyl groups excluding tert-OH is 1. The van der Waals surface area contributed by atoms with Crippen molar-refractivity contribution in [2.24, 2.45) is 16.7 Å². The molecule has 1 fully saturated rings. The number of hydrogen-bond acceptors (Lipinski definition) is 5. The number of carbonyl (C=O) groups excluding carboxylic acids is 1. The SMILES string of the molecule is COC1=CC(=O)C2C(C)(CCCC(C)(C)Br)C(O)CC1(CC=C(C)C)C2(OC)OC. The minimum atomic E-state index is -1.21. The maximum atomic E-state index is 13.5. The summed E-state index contributed by atoms with van der Waals surface area (Å²) in [6.45, 7) is 10.3. The standard InChI is InChI=1S/C24H39BrO5/c1-16(2)10-13-23-15-18(27)22(5,12-9-11-21(3,4)25)20(24(23,29-7)30-8)17(26)14-19(23)28-6/h10,14,18,20,27H,9,11-13,15H2,1-8H3. The Morgan fingerprint density at radius 2 is 1.90 bits per heavy atom. The molecule has 4 atom stereocenters. The second-order valence-corrected chi connectivity index (χ2v) is 12.1. The van der Waals surface area contributed by atoms with Crippen molar-refractivity contribution in [3.05, 3.63) is 23.5 Å². The molecule has 0 saturated heterocycles. The molecule has 0 aromatic carbocycles. The molecule has 2 aliphatic carbocycles. The van der Waals surface area contributed by atoms with Gasteiger partial charge in [0, 0.05) is 30.0 Å². The Labute approximate surface area is 190 Å². The second-order valence-electron chi connectivity index (χ2n) is 9.99. The third-order valence-electron chi connectivity index (χ3n) is 7.21. The van der Waals surface area contributed by atoms with E-state index in [0.29, 0.717) is 25.0 Å². The first kappa shape index (κ1) is 25.6. The highest BCUT2D eigenvalue weighted by Crippen LogP contribution is 2.65. The molecule has 5 nitrogen and oxygen atoms in total. The van der Waals surface area contributed by atoms with Crippen LogP contribution in [0.4, 0.5) is 0 Å². The summed E-state index contributed by atoms with van der Waals surface area (Å²) in [5, 5.41) is 11.5. The van der Waals surface area contributed by atoms with E-state index in [1.807, 2.05) is 20.8 Å². The van der Waals surface area contributed by atoms with Gasteiger partial charge in [0.05, 0.1) is 24.5 Å². The lowest BCUT2D eigenvalue weighted by molar-refractivity contribution is -0.346. The van der Waals surface area contributed by atoms with Gasteiger partial charge in [-0.1, -0.05) is 54.8 Å². The van der Waals surface area contributed by atoms with Gasteiger partial charge in [0.25, 0.3) is 0 Å². The number of hydrogen-bond donors (Lipinski definition) is 1. The predicted molar refractivity (Wildman–Crippen MR) is 122 cm³/mol. The van der Waals surface area contributed by atoms with Crippen LogP contribution in [0.25, 0.3) is 0 Å². The van der Waals surface area contributed by atoms with E-state index in [0.717, 1.165) is 18.4 Å². The van der Waals surface area contributed by atoms with E-state index in [2.05, 4.69) is 35.9 Å². The van der Waals surface area contributed by atoms with Crippen LogP contribution in [-0.4, -0.2) is 48.4 Å². The quantitative estimate of drug-likeness (QED) is 0.277. The zero-order valence-corrected chi connectivity index (χ0v) is 21.4. The summed E-state index contributed by atoms with van der Waals surface area (Å²) in [4.78, 5) is 13.5. The molecule has 30 heavy (non-hydrogen) atoms. The van der Waals surface area contributed by atoms with Crippen LogP contribution in [0.5, 0.6) is 0 Å². The van der Waals surface area contributed by atoms with E-state index >= 15 is 0 Å². The average molecular weight is 487 g/mol. The van der Waals surface area contributed by atoms with Crippen LogP contribution in [0.2, 0.25) is 0 Å². The molecule has 4 unspecified atom stereocenters. The Kier molecular flexibility index (Phi) is 7.71. The molecular weight excluding hydrogens is 448 g/mol. The van der Waals surface area contributed by atoms with Crippen LogP contribution in [0.1, 0.15) is 66.7 Å². The van der Waals surface area contributed by atoms with Crippen molar-refractivity contribution in [1.29, 1.82) is 0 Å². The fourth-order valence-electron chi connectivity index (χ4n) is 5.61. The Hall–Kier alpha value is -0.690. The zero-order chi connectivity index (χ0) is 23.0. The van der Waals surface area contributed by atoms with E-state index in [1.165, 1.54) is 0 Å². The van der Waals surface area contributed by atoms with Gasteiger partial charge < -0.3 is 19.3 Å². The first-order valence-corrected chi connectivity index (χ1v) is 11.5. The number of methoxy groups -OCH3 is 3. The third kappa shape index (κ3) is 4.17. The van der Waals surface area contributed by atoms with Gasteiger partial charge in [-0.2, -0.15) is 0 Å². The minimum absolute atomic E-state index is 0.00941. The number of halogens is 1. The number of aliphatic hydroxyl groups is 1. The summed E-state index contributed by atoms with van der Waals surface area (Å²) in [5.41, 5.74) is -0.308. The van der Waals surface area contributed by atoms with Gasteiger partial charge in [0.2, 0.25) is 0 Å². The second kappa shape index (κ2) is 9.05. The van der Waals surface area contributed by atoms with Crippen molar-refractivity contribution in [1.82, 2.24) is 0 Å². The van der Waals surface area contributed by atoms with E-state index in [1.54, 1.807) is 27.4 Å². The fourth-order valence-corrected chi connectivity index (χ4v) is 5.89. The van der Waals surface area contributed by atoms with Crippen LogP contribution in [0, 0.1) is 16.7 Å². The number of allylic oxidation sites excluding steroid dienone is 3. The molecule has 0 aromatic rings. The lowest BCUT2D eigenvalue weighted by Gasteiger charge is -2.63. The number of rotatable bonds is 9. The highest BCUT2D eigenvalue weighted by Gasteiger charge is 2.73. The van der Waals surface area contributed by atoms with Gasteiger partial charge in [-0.25, -0.2) is 0 Å². The zero-order valence-electron chi connectivity index (χ0n) is 19.8. The molecule has 1 saturated carbocycles. The maximum Gasteiger partial charge on any atom is 0.191 e. The van der Waals surface area contributed by atoms with Crippen molar-refractivity contribution in [2.75, 3.05) is 21.3 Å². The number of alkyl halides is 1. The number of ketones is 1. The molecule has 1 N–H and O–H groups in total. The fraction of sp³-hybridized carbons (Fsp3) is 0.792. The number of ether oxygens (including phenoxy) is 3. The van der Waals surface area contributed by atoms with Crippen molar-refractivity contribution in [3.8, 4) is 0 Å². The average Bonchev–Trinajstić information content (AvgIpc) is 2.65. The molecule has 0 aliphatic heterocycles. The molecule has 0 radical (unpaired) electrons. The van der Waals surface area contributed by atoms with Crippen molar-refractivity contribution in [3.63, 3.8) is 0 Å². The highest BCUT2D eigenvalue weighted by molar-refractivity contribution is 9.10. The number of fused-ring (bicyclic) bond motifs is 2. The lowest BCUT2D eigenvalue weighted by Crippen LogP contribution is -2.71. The van der Waals surface area contributed by atoms with Gasteiger partial charge in [0.15, 0.2) is 11.6 Å². The monoisotopic (exact) mass is 486 g/mol. The lowest BCUT2D eigenvalue weighted by atomic mass is 9.47. The molecule has 2 rings (SSSR count). The van der Waals surface area contributed by atoms with Crippen LogP contribution >= 0.6 is 15.9 Å². The molecule has 0 heterocycles. The molecule has 2 aliphatic rings. The van der Waals surface area contributed by atoms with Gasteiger partial charge in [0.1, 0.15) is 5.76 Å². The summed E-state index contributed by atoms with van der Waals surface area (Å²) < 4.78 is 17.9.